The highest BCUT2D eigenvalue weighted by Crippen LogP contribution is 2.21. The van der Waals surface area contributed by atoms with Gasteiger partial charge in [0.1, 0.15) is 0 Å². The molecule has 0 saturated carbocycles. The number of nitrogens with two attached hydrogens (primary N) is 1. The van der Waals surface area contributed by atoms with Crippen molar-refractivity contribution in [3.05, 3.63) is 108 Å². The third-order valence-electron chi connectivity index (χ3n) is 6.38. The van der Waals surface area contributed by atoms with Crippen molar-refractivity contribution in [2.45, 2.75) is 31.3 Å². The van der Waals surface area contributed by atoms with Crippen LogP contribution in [0.3, 0.4) is 0 Å². The Bertz CT molecular complexity index is 1040. The number of aliphatic carboxylic acids is 1. The molecule has 6 nitrogen and oxygen atoms in total. The van der Waals surface area contributed by atoms with Crippen LogP contribution in [0.5, 0.6) is 0 Å². The van der Waals surface area contributed by atoms with E-state index >= 15 is 0 Å². The van der Waals surface area contributed by atoms with Crippen LogP contribution in [0.1, 0.15) is 29.0 Å². The molecule has 3 rings (SSSR count). The molecule has 0 aromatic heterocycles. The van der Waals surface area contributed by atoms with Crippen molar-refractivity contribution in [1.29, 1.82) is 0 Å². The summed E-state index contributed by atoms with van der Waals surface area (Å²) in [4.78, 5) is 28.5. The van der Waals surface area contributed by atoms with Crippen LogP contribution in [0.15, 0.2) is 91.0 Å². The van der Waals surface area contributed by atoms with Crippen molar-refractivity contribution in [2.24, 2.45) is 5.73 Å². The Labute approximate surface area is 208 Å². The Hall–Kier alpha value is -3.48. The lowest BCUT2D eigenvalue weighted by molar-refractivity contribution is -0.139. The number of nitrogens with zero attached hydrogens (tertiary/aromatic N) is 2. The molecule has 1 amide bonds. The number of carboxylic acid groups (broad SMARTS) is 1. The Balaban J connectivity index is 1.67. The number of primary amides is 1. The van der Waals surface area contributed by atoms with Crippen molar-refractivity contribution in [1.82, 2.24) is 9.80 Å². The molecule has 0 radical (unpaired) electrons. The lowest BCUT2D eigenvalue weighted by Crippen LogP contribution is -2.47. The summed E-state index contributed by atoms with van der Waals surface area (Å²) in [5.41, 5.74) is 8.80. The predicted octanol–water partition coefficient (Wildman–Crippen LogP) is 3.78. The van der Waals surface area contributed by atoms with Crippen molar-refractivity contribution in [2.75, 3.05) is 26.7 Å². The molecule has 0 fully saturated rings. The number of rotatable bonds is 14. The molecule has 0 bridgehead atoms. The lowest BCUT2D eigenvalue weighted by atomic mass is 9.95. The van der Waals surface area contributed by atoms with Gasteiger partial charge in [-0.15, -0.1) is 0 Å². The van der Waals surface area contributed by atoms with Gasteiger partial charge < -0.3 is 10.8 Å². The normalized spacial score (nSPS) is 13.0. The molecular weight excluding hydrogens is 438 g/mol. The van der Waals surface area contributed by atoms with E-state index < -0.39 is 17.9 Å². The zero-order valence-electron chi connectivity index (χ0n) is 20.3. The standard InChI is InChI=1S/C29H35N3O3/c1-31(27(28(30)33)21-23-11-5-2-6-12-23)19-20-32(22-24-13-7-3-8-14-24)18-17-26(29(34)35)25-15-9-4-10-16-25/h2-16,26-27H,17-22H2,1H3,(H2,30,33)(H,34,35)/t26-,27-/m0/s1. The van der Waals surface area contributed by atoms with Gasteiger partial charge in [-0.2, -0.15) is 0 Å². The summed E-state index contributed by atoms with van der Waals surface area (Å²) in [6.45, 7) is 2.64. The van der Waals surface area contributed by atoms with Crippen LogP contribution in [0.4, 0.5) is 0 Å². The van der Waals surface area contributed by atoms with Crippen LogP contribution in [0.25, 0.3) is 0 Å². The van der Waals surface area contributed by atoms with E-state index in [0.29, 0.717) is 39.0 Å². The zero-order valence-corrected chi connectivity index (χ0v) is 20.3. The number of hydrogen-bond acceptors (Lipinski definition) is 4. The monoisotopic (exact) mass is 473 g/mol. The third kappa shape index (κ3) is 8.35. The predicted molar refractivity (Wildman–Crippen MR) is 139 cm³/mol. The van der Waals surface area contributed by atoms with Gasteiger partial charge in [-0.25, -0.2) is 0 Å². The first-order chi connectivity index (χ1) is 16.9. The lowest BCUT2D eigenvalue weighted by Gasteiger charge is -2.30. The van der Waals surface area contributed by atoms with Crippen molar-refractivity contribution >= 4 is 11.9 Å². The van der Waals surface area contributed by atoms with Crippen LogP contribution in [0, 0.1) is 0 Å². The molecular formula is C29H35N3O3. The smallest absolute Gasteiger partial charge is 0.311 e. The molecule has 6 heteroatoms. The Morgan fingerprint density at radius 1 is 0.800 bits per heavy atom. The molecule has 0 heterocycles. The number of carbonyl (C=O) groups is 2. The van der Waals surface area contributed by atoms with Crippen molar-refractivity contribution < 1.29 is 14.7 Å². The van der Waals surface area contributed by atoms with E-state index in [0.717, 1.165) is 16.7 Å². The van der Waals surface area contributed by atoms with Crippen LogP contribution in [-0.4, -0.2) is 59.5 Å². The fraction of sp³-hybridized carbons (Fsp3) is 0.310. The van der Waals surface area contributed by atoms with Gasteiger partial charge in [-0.3, -0.25) is 19.4 Å². The largest absolute Gasteiger partial charge is 0.481 e. The molecule has 0 aliphatic heterocycles. The third-order valence-corrected chi connectivity index (χ3v) is 6.38. The second kappa shape index (κ2) is 13.4. The fourth-order valence-corrected chi connectivity index (χ4v) is 4.31. The van der Waals surface area contributed by atoms with Crippen LogP contribution < -0.4 is 5.73 Å². The number of amides is 1. The minimum atomic E-state index is -0.815. The number of benzene rings is 3. The number of carboxylic acids is 1. The quantitative estimate of drug-likeness (QED) is 0.372. The SMILES string of the molecule is CN(CCN(CC[C@H](C(=O)O)c1ccccc1)Cc1ccccc1)[C@@H](Cc1ccccc1)C(N)=O. The Kier molecular flexibility index (Phi) is 10.0. The Morgan fingerprint density at radius 2 is 1.34 bits per heavy atom. The fourth-order valence-electron chi connectivity index (χ4n) is 4.31. The number of hydrogen-bond donors (Lipinski definition) is 2. The van der Waals surface area contributed by atoms with Gasteiger partial charge >= 0.3 is 5.97 Å². The van der Waals surface area contributed by atoms with E-state index in [9.17, 15) is 14.7 Å². The summed E-state index contributed by atoms with van der Waals surface area (Å²) < 4.78 is 0. The second-order valence-corrected chi connectivity index (χ2v) is 8.94. The minimum Gasteiger partial charge on any atom is -0.481 e. The summed E-state index contributed by atoms with van der Waals surface area (Å²) in [5, 5.41) is 9.84. The summed E-state index contributed by atoms with van der Waals surface area (Å²) in [5.74, 6) is -1.73. The topological polar surface area (TPSA) is 86.9 Å². The first-order valence-corrected chi connectivity index (χ1v) is 12.0. The molecule has 0 aliphatic rings. The molecule has 0 saturated heterocycles. The summed E-state index contributed by atoms with van der Waals surface area (Å²) in [6, 6.07) is 29.0. The molecule has 3 aromatic rings. The number of likely N-dealkylation sites (N-methyl/N-ethyl adjacent to an activating group) is 1. The molecule has 35 heavy (non-hydrogen) atoms. The van der Waals surface area contributed by atoms with Crippen LogP contribution in [0.2, 0.25) is 0 Å². The first-order valence-electron chi connectivity index (χ1n) is 12.0. The van der Waals surface area contributed by atoms with Gasteiger partial charge in [-0.1, -0.05) is 91.0 Å². The van der Waals surface area contributed by atoms with Crippen molar-refractivity contribution in [3.63, 3.8) is 0 Å². The van der Waals surface area contributed by atoms with Gasteiger partial charge in [0.05, 0.1) is 12.0 Å². The molecule has 0 unspecified atom stereocenters. The maximum absolute atomic E-state index is 12.2. The highest BCUT2D eigenvalue weighted by Gasteiger charge is 2.23. The molecule has 184 valence electrons. The second-order valence-electron chi connectivity index (χ2n) is 8.94. The Morgan fingerprint density at radius 3 is 1.89 bits per heavy atom. The average Bonchev–Trinajstić information content (AvgIpc) is 2.87. The van der Waals surface area contributed by atoms with E-state index in [-0.39, 0.29) is 5.91 Å². The van der Waals surface area contributed by atoms with Gasteiger partial charge in [0, 0.05) is 19.6 Å². The molecule has 3 N–H and O–H groups in total. The maximum Gasteiger partial charge on any atom is 0.311 e. The van der Waals surface area contributed by atoms with Crippen molar-refractivity contribution in [3.8, 4) is 0 Å². The molecule has 0 aliphatic carbocycles. The van der Waals surface area contributed by atoms with Gasteiger partial charge in [0.25, 0.3) is 0 Å². The van der Waals surface area contributed by atoms with Gasteiger partial charge in [-0.05, 0) is 43.1 Å². The first kappa shape index (κ1) is 26.1. The van der Waals surface area contributed by atoms with Crippen LogP contribution >= 0.6 is 0 Å². The van der Waals surface area contributed by atoms with E-state index in [2.05, 4.69) is 17.0 Å². The van der Waals surface area contributed by atoms with E-state index in [1.165, 1.54) is 0 Å². The summed E-state index contributed by atoms with van der Waals surface area (Å²) >= 11 is 0. The maximum atomic E-state index is 12.2. The average molecular weight is 474 g/mol. The highest BCUT2D eigenvalue weighted by atomic mass is 16.4. The van der Waals surface area contributed by atoms with Crippen LogP contribution in [-0.2, 0) is 22.6 Å². The molecule has 0 spiro atoms. The van der Waals surface area contributed by atoms with E-state index in [4.69, 9.17) is 5.73 Å². The zero-order chi connectivity index (χ0) is 25.0. The van der Waals surface area contributed by atoms with Gasteiger partial charge in [0.15, 0.2) is 0 Å². The van der Waals surface area contributed by atoms with E-state index in [1.54, 1.807) is 0 Å². The molecule has 2 atom stereocenters. The summed E-state index contributed by atoms with van der Waals surface area (Å²) in [7, 11) is 1.92. The minimum absolute atomic E-state index is 0.346. The van der Waals surface area contributed by atoms with E-state index in [1.807, 2.05) is 90.8 Å². The highest BCUT2D eigenvalue weighted by molar-refractivity contribution is 5.80. The molecule has 3 aromatic carbocycles. The summed E-state index contributed by atoms with van der Waals surface area (Å²) in [6.07, 6.45) is 1.06. The number of carbonyl (C=O) groups excluding carboxylic acids is 1. The van der Waals surface area contributed by atoms with Gasteiger partial charge in [0.2, 0.25) is 5.91 Å².